The lowest BCUT2D eigenvalue weighted by molar-refractivity contribution is -0.351. The smallest absolute Gasteiger partial charge is 0.195 e. The van der Waals surface area contributed by atoms with Crippen LogP contribution in [0.2, 0.25) is 0 Å². The number of aliphatic imine (C=N–C) groups is 1. The summed E-state index contributed by atoms with van der Waals surface area (Å²) in [6, 6.07) is 0. The fraction of sp³-hybridized carbons (Fsp3) is 0.545. The zero-order valence-corrected chi connectivity index (χ0v) is 8.83. The van der Waals surface area contributed by atoms with Gasteiger partial charge in [-0.3, -0.25) is 0 Å². The molecule has 13 heavy (non-hydrogen) atoms. The van der Waals surface area contributed by atoms with Gasteiger partial charge in [0.25, 0.3) is 6.34 Å². The molecule has 0 aliphatic carbocycles. The summed E-state index contributed by atoms with van der Waals surface area (Å²) in [4.78, 5) is 4.36. The molecule has 0 saturated carbocycles. The Morgan fingerprint density at radius 3 is 2.77 bits per heavy atom. The minimum atomic E-state index is 0.292. The van der Waals surface area contributed by atoms with E-state index in [2.05, 4.69) is 31.6 Å². The highest BCUT2D eigenvalue weighted by molar-refractivity contribution is 5.60. The van der Waals surface area contributed by atoms with Gasteiger partial charge in [-0.25, -0.2) is 0 Å². The molecule has 1 rings (SSSR count). The maximum Gasteiger partial charge on any atom is 0.294 e. The monoisotopic (exact) mass is 177 g/mol. The Hall–Kier alpha value is -1.14. The van der Waals surface area contributed by atoms with Crippen molar-refractivity contribution in [1.82, 2.24) is 0 Å². The van der Waals surface area contributed by atoms with E-state index in [0.717, 1.165) is 12.1 Å². The molecule has 0 amide bonds. The molecule has 0 saturated heterocycles. The van der Waals surface area contributed by atoms with Crippen LogP contribution in [0.25, 0.3) is 0 Å². The van der Waals surface area contributed by atoms with Crippen molar-refractivity contribution in [3.05, 3.63) is 17.8 Å². The highest BCUT2D eigenvalue weighted by Crippen LogP contribution is 2.24. The van der Waals surface area contributed by atoms with Crippen molar-refractivity contribution >= 4 is 12.2 Å². The Morgan fingerprint density at radius 2 is 2.15 bits per heavy atom. The summed E-state index contributed by atoms with van der Waals surface area (Å²) in [6.07, 6.45) is 6.72. The van der Waals surface area contributed by atoms with Crippen LogP contribution in [-0.4, -0.2) is 23.8 Å². The van der Waals surface area contributed by atoms with E-state index in [0.29, 0.717) is 5.41 Å². The lowest BCUT2D eigenvalue weighted by Crippen LogP contribution is -2.06. The first kappa shape index (κ1) is 9.94. The third kappa shape index (κ3) is 3.86. The molecule has 70 valence electrons. The number of hydrogen-bond donors (Lipinski definition) is 0. The van der Waals surface area contributed by atoms with Gasteiger partial charge in [-0.1, -0.05) is 25.8 Å². The number of nitrogens with zero attached hydrogens (tertiary/aromatic N) is 2. The van der Waals surface area contributed by atoms with Gasteiger partial charge in [0, 0.05) is 12.5 Å². The van der Waals surface area contributed by atoms with Crippen molar-refractivity contribution in [2.24, 2.45) is 10.4 Å². The van der Waals surface area contributed by atoms with Crippen LogP contribution in [0.5, 0.6) is 0 Å². The molecule has 2 heteroatoms. The van der Waals surface area contributed by atoms with E-state index in [-0.39, 0.29) is 0 Å². The lowest BCUT2D eigenvalue weighted by Gasteiger charge is -2.14. The summed E-state index contributed by atoms with van der Waals surface area (Å²) < 4.78 is 1.83. The van der Waals surface area contributed by atoms with Gasteiger partial charge in [-0.15, -0.1) is 0 Å². The van der Waals surface area contributed by atoms with Crippen LogP contribution in [0.4, 0.5) is 0 Å². The number of rotatable bonds is 1. The molecule has 0 aromatic carbocycles. The normalized spacial score (nSPS) is 16.6. The molecule has 0 radical (unpaired) electrons. The van der Waals surface area contributed by atoms with Gasteiger partial charge in [0.15, 0.2) is 5.70 Å². The van der Waals surface area contributed by atoms with Gasteiger partial charge in [0.05, 0.1) is 12.9 Å². The van der Waals surface area contributed by atoms with Crippen molar-refractivity contribution in [3.63, 3.8) is 0 Å². The average Bonchev–Trinajstić information content (AvgIpc) is 2.12. The largest absolute Gasteiger partial charge is 0.294 e. The molecule has 1 aliphatic rings. The van der Waals surface area contributed by atoms with Crippen molar-refractivity contribution in [1.29, 1.82) is 0 Å². The Kier molecular flexibility index (Phi) is 2.84. The van der Waals surface area contributed by atoms with E-state index in [1.807, 2.05) is 23.8 Å². The van der Waals surface area contributed by atoms with Crippen molar-refractivity contribution < 1.29 is 4.58 Å². The van der Waals surface area contributed by atoms with E-state index in [4.69, 9.17) is 0 Å². The Labute approximate surface area is 80.0 Å². The first-order valence-electron chi connectivity index (χ1n) is 4.53. The Balaban J connectivity index is 2.72. The van der Waals surface area contributed by atoms with E-state index >= 15 is 0 Å². The number of allylic oxidation sites excluding steroid dienone is 3. The molecule has 1 heterocycles. The lowest BCUT2D eigenvalue weighted by atomic mass is 9.90. The standard InChI is InChI=1S/C11H17N2/c1-11(2,3)8-10-6-5-7-13(4)9-12-10/h5-6,9H,8H2,1-4H3/q+1. The third-order valence-corrected chi connectivity index (χ3v) is 1.66. The van der Waals surface area contributed by atoms with Crippen LogP contribution in [0.15, 0.2) is 22.8 Å². The molecule has 0 aromatic heterocycles. The highest BCUT2D eigenvalue weighted by atomic mass is 15.0. The maximum absolute atomic E-state index is 4.36. The summed E-state index contributed by atoms with van der Waals surface area (Å²) in [5.41, 5.74) is 1.41. The van der Waals surface area contributed by atoms with Gasteiger partial charge < -0.3 is 0 Å². The summed E-state index contributed by atoms with van der Waals surface area (Å²) in [7, 11) is 1.92. The maximum atomic E-state index is 4.36. The SMILES string of the molecule is C[N+]1=C=CC=C(CC(C)(C)C)N=C1. The summed E-state index contributed by atoms with van der Waals surface area (Å²) in [5, 5.41) is 0. The van der Waals surface area contributed by atoms with Crippen LogP contribution in [0.1, 0.15) is 27.2 Å². The average molecular weight is 177 g/mol. The molecular formula is C11H17N2+. The second kappa shape index (κ2) is 3.71. The zero-order chi connectivity index (χ0) is 9.90. The molecule has 0 aromatic rings. The molecule has 1 aliphatic heterocycles. The molecular weight excluding hydrogens is 160 g/mol. The van der Waals surface area contributed by atoms with E-state index in [1.165, 1.54) is 0 Å². The van der Waals surface area contributed by atoms with E-state index in [1.54, 1.807) is 6.34 Å². The molecule has 0 fully saturated rings. The van der Waals surface area contributed by atoms with Gasteiger partial charge in [0.1, 0.15) is 0 Å². The summed E-state index contributed by atoms with van der Waals surface area (Å²) >= 11 is 0. The molecule has 0 spiro atoms. The quantitative estimate of drug-likeness (QED) is 0.546. The van der Waals surface area contributed by atoms with E-state index < -0.39 is 0 Å². The first-order chi connectivity index (χ1) is 5.97. The fourth-order valence-corrected chi connectivity index (χ4v) is 1.14. The Morgan fingerprint density at radius 1 is 1.46 bits per heavy atom. The van der Waals surface area contributed by atoms with E-state index in [9.17, 15) is 0 Å². The van der Waals surface area contributed by atoms with Crippen LogP contribution in [0.3, 0.4) is 0 Å². The highest BCUT2D eigenvalue weighted by Gasteiger charge is 2.15. The van der Waals surface area contributed by atoms with Crippen molar-refractivity contribution in [2.75, 3.05) is 7.05 Å². The summed E-state index contributed by atoms with van der Waals surface area (Å²) in [6.45, 7) is 6.64. The van der Waals surface area contributed by atoms with Crippen LogP contribution in [0, 0.1) is 5.41 Å². The minimum Gasteiger partial charge on any atom is -0.195 e. The Bertz CT molecular complexity index is 307. The van der Waals surface area contributed by atoms with Gasteiger partial charge in [-0.05, 0) is 11.5 Å². The van der Waals surface area contributed by atoms with Crippen LogP contribution < -0.4 is 0 Å². The molecule has 0 N–H and O–H groups in total. The van der Waals surface area contributed by atoms with Crippen molar-refractivity contribution in [2.45, 2.75) is 27.2 Å². The number of hydrogen-bond acceptors (Lipinski definition) is 1. The second-order valence-electron chi connectivity index (χ2n) is 4.55. The molecule has 0 bridgehead atoms. The summed E-state index contributed by atoms with van der Waals surface area (Å²) in [5.74, 6) is 3.04. The van der Waals surface area contributed by atoms with Gasteiger partial charge >= 0.3 is 0 Å². The topological polar surface area (TPSA) is 15.4 Å². The van der Waals surface area contributed by atoms with Crippen LogP contribution >= 0.6 is 0 Å². The predicted molar refractivity (Wildman–Crippen MR) is 56.4 cm³/mol. The predicted octanol–water partition coefficient (Wildman–Crippen LogP) is 2.22. The molecule has 0 unspecified atom stereocenters. The van der Waals surface area contributed by atoms with Gasteiger partial charge in [0.2, 0.25) is 0 Å². The third-order valence-electron chi connectivity index (χ3n) is 1.66. The molecule has 0 atom stereocenters. The van der Waals surface area contributed by atoms with Gasteiger partial charge in [-0.2, -0.15) is 4.58 Å². The molecule has 2 nitrogen and oxygen atoms in total. The fourth-order valence-electron chi connectivity index (χ4n) is 1.14. The zero-order valence-electron chi connectivity index (χ0n) is 8.83. The van der Waals surface area contributed by atoms with Crippen molar-refractivity contribution in [3.8, 4) is 0 Å². The van der Waals surface area contributed by atoms with Crippen LogP contribution in [-0.2, 0) is 0 Å². The first-order valence-corrected chi connectivity index (χ1v) is 4.53. The second-order valence-corrected chi connectivity index (χ2v) is 4.55. The minimum absolute atomic E-state index is 0.292.